The van der Waals surface area contributed by atoms with Crippen molar-refractivity contribution >= 4 is 18.0 Å². The zero-order valence-corrected chi connectivity index (χ0v) is 13.9. The fourth-order valence-corrected chi connectivity index (χ4v) is 2.33. The Morgan fingerprint density at radius 3 is 2.09 bits per heavy atom. The van der Waals surface area contributed by atoms with Crippen molar-refractivity contribution in [3.05, 3.63) is 0 Å². The minimum atomic E-state index is -0.992. The molecule has 0 aromatic rings. The van der Waals surface area contributed by atoms with Gasteiger partial charge in [-0.2, -0.15) is 0 Å². The van der Waals surface area contributed by atoms with E-state index in [1.54, 1.807) is 34.6 Å². The minimum absolute atomic E-state index is 0.174. The lowest BCUT2D eigenvalue weighted by atomic mass is 10.0. The molecule has 7 heteroatoms. The molecule has 0 unspecified atom stereocenters. The summed E-state index contributed by atoms with van der Waals surface area (Å²) in [5, 5.41) is 0. The molecule has 1 aliphatic heterocycles. The second-order valence-electron chi connectivity index (χ2n) is 6.02. The van der Waals surface area contributed by atoms with E-state index < -0.39 is 35.6 Å². The summed E-state index contributed by atoms with van der Waals surface area (Å²) in [4.78, 5) is 37.7. The molecule has 1 rings (SSSR count). The third-order valence-corrected chi connectivity index (χ3v) is 3.14. The Morgan fingerprint density at radius 1 is 1.05 bits per heavy atom. The summed E-state index contributed by atoms with van der Waals surface area (Å²) in [6, 6.07) is -0.992. The molecule has 0 aromatic carbocycles. The average molecular weight is 315 g/mol. The average Bonchev–Trinajstić information content (AvgIpc) is 2.82. The topological polar surface area (TPSA) is 82.1 Å². The lowest BCUT2D eigenvalue weighted by Gasteiger charge is -2.28. The van der Waals surface area contributed by atoms with E-state index in [0.29, 0.717) is 6.42 Å². The third-order valence-electron chi connectivity index (χ3n) is 3.14. The number of esters is 2. The van der Waals surface area contributed by atoms with Gasteiger partial charge in [-0.1, -0.05) is 0 Å². The molecule has 0 N–H and O–H groups in total. The SMILES string of the molecule is CCOC(=O)[C@@H]1CCN(C(=O)OC(C)(C)C)[C@H]1C(=O)OCC. The highest BCUT2D eigenvalue weighted by Gasteiger charge is 2.48. The molecule has 7 nitrogen and oxygen atoms in total. The zero-order chi connectivity index (χ0) is 16.9. The number of rotatable bonds is 4. The monoisotopic (exact) mass is 315 g/mol. The smallest absolute Gasteiger partial charge is 0.411 e. The summed E-state index contributed by atoms with van der Waals surface area (Å²) in [7, 11) is 0. The molecule has 22 heavy (non-hydrogen) atoms. The van der Waals surface area contributed by atoms with Crippen LogP contribution in [0, 0.1) is 5.92 Å². The summed E-state index contributed by atoms with van der Waals surface area (Å²) in [6.07, 6.45) is -0.279. The largest absolute Gasteiger partial charge is 0.466 e. The van der Waals surface area contributed by atoms with Crippen LogP contribution in [-0.2, 0) is 23.8 Å². The van der Waals surface area contributed by atoms with Crippen molar-refractivity contribution in [1.82, 2.24) is 4.90 Å². The van der Waals surface area contributed by atoms with Gasteiger partial charge in [0.15, 0.2) is 0 Å². The summed E-state index contributed by atoms with van der Waals surface area (Å²) in [5.41, 5.74) is -0.682. The van der Waals surface area contributed by atoms with E-state index in [9.17, 15) is 14.4 Å². The summed E-state index contributed by atoms with van der Waals surface area (Å²) in [6.45, 7) is 9.23. The molecule has 1 aliphatic rings. The lowest BCUT2D eigenvalue weighted by molar-refractivity contribution is -0.158. The Balaban J connectivity index is 2.94. The van der Waals surface area contributed by atoms with Gasteiger partial charge in [0.1, 0.15) is 11.6 Å². The van der Waals surface area contributed by atoms with Crippen LogP contribution in [0.5, 0.6) is 0 Å². The minimum Gasteiger partial charge on any atom is -0.466 e. The molecule has 1 amide bonds. The molecule has 1 saturated heterocycles. The first-order valence-corrected chi connectivity index (χ1v) is 7.54. The van der Waals surface area contributed by atoms with E-state index in [-0.39, 0.29) is 19.8 Å². The van der Waals surface area contributed by atoms with Gasteiger partial charge in [0.25, 0.3) is 0 Å². The van der Waals surface area contributed by atoms with Gasteiger partial charge in [0, 0.05) is 6.54 Å². The molecule has 0 radical (unpaired) electrons. The van der Waals surface area contributed by atoms with Gasteiger partial charge >= 0.3 is 18.0 Å². The third kappa shape index (κ3) is 4.61. The van der Waals surface area contributed by atoms with Crippen LogP contribution in [0.1, 0.15) is 41.0 Å². The van der Waals surface area contributed by atoms with Gasteiger partial charge in [-0.05, 0) is 41.0 Å². The van der Waals surface area contributed by atoms with Gasteiger partial charge in [0.2, 0.25) is 0 Å². The molecule has 0 aromatic heterocycles. The highest BCUT2D eigenvalue weighted by molar-refractivity contribution is 5.89. The number of ether oxygens (including phenoxy) is 3. The molecule has 1 fully saturated rings. The van der Waals surface area contributed by atoms with Gasteiger partial charge in [-0.25, -0.2) is 9.59 Å². The Kier molecular flexibility index (Phi) is 6.20. The second-order valence-corrected chi connectivity index (χ2v) is 6.02. The number of hydrogen-bond acceptors (Lipinski definition) is 6. The van der Waals surface area contributed by atoms with Crippen LogP contribution < -0.4 is 0 Å². The van der Waals surface area contributed by atoms with Crippen LogP contribution in [-0.4, -0.2) is 54.3 Å². The van der Waals surface area contributed by atoms with Crippen LogP contribution >= 0.6 is 0 Å². The Bertz CT molecular complexity index is 428. The number of carbonyl (C=O) groups excluding carboxylic acids is 3. The van der Waals surface area contributed by atoms with Gasteiger partial charge in [-0.3, -0.25) is 9.69 Å². The molecule has 126 valence electrons. The molecule has 0 spiro atoms. The van der Waals surface area contributed by atoms with Crippen molar-refractivity contribution in [3.8, 4) is 0 Å². The van der Waals surface area contributed by atoms with E-state index in [0.717, 1.165) is 0 Å². The number of nitrogens with zero attached hydrogens (tertiary/aromatic N) is 1. The number of carbonyl (C=O) groups is 3. The van der Waals surface area contributed by atoms with Crippen LogP contribution in [0.3, 0.4) is 0 Å². The van der Waals surface area contributed by atoms with E-state index in [1.807, 2.05) is 0 Å². The van der Waals surface area contributed by atoms with Crippen molar-refractivity contribution < 1.29 is 28.6 Å². The maximum absolute atomic E-state index is 12.2. The van der Waals surface area contributed by atoms with Crippen LogP contribution in [0.15, 0.2) is 0 Å². The Labute approximate surface area is 130 Å². The summed E-state index contributed by atoms with van der Waals surface area (Å²) in [5.74, 6) is -1.82. The van der Waals surface area contributed by atoms with E-state index in [2.05, 4.69) is 0 Å². The molecular weight excluding hydrogens is 290 g/mol. The van der Waals surface area contributed by atoms with Crippen molar-refractivity contribution in [2.45, 2.75) is 52.7 Å². The molecule has 2 atom stereocenters. The van der Waals surface area contributed by atoms with Gasteiger partial charge in [0.05, 0.1) is 19.1 Å². The number of hydrogen-bond donors (Lipinski definition) is 0. The first kappa shape index (κ1) is 18.3. The van der Waals surface area contributed by atoms with Crippen molar-refractivity contribution in [1.29, 1.82) is 0 Å². The highest BCUT2D eigenvalue weighted by Crippen LogP contribution is 2.28. The maximum atomic E-state index is 12.2. The van der Waals surface area contributed by atoms with Crippen LogP contribution in [0.25, 0.3) is 0 Å². The van der Waals surface area contributed by atoms with Crippen LogP contribution in [0.2, 0.25) is 0 Å². The quantitative estimate of drug-likeness (QED) is 0.580. The van der Waals surface area contributed by atoms with E-state index >= 15 is 0 Å². The number of amides is 1. The number of likely N-dealkylation sites (tertiary alicyclic amines) is 1. The van der Waals surface area contributed by atoms with Crippen molar-refractivity contribution in [2.24, 2.45) is 5.92 Å². The predicted molar refractivity (Wildman–Crippen MR) is 78.1 cm³/mol. The standard InChI is InChI=1S/C15H25NO6/c1-6-20-12(17)10-8-9-16(11(10)13(18)21-7-2)14(19)22-15(3,4)5/h10-11H,6-9H2,1-5H3/t10-,11-/m1/s1. The first-order chi connectivity index (χ1) is 10.2. The van der Waals surface area contributed by atoms with E-state index in [4.69, 9.17) is 14.2 Å². The molecule has 1 heterocycles. The lowest BCUT2D eigenvalue weighted by Crippen LogP contribution is -2.47. The van der Waals surface area contributed by atoms with Crippen LogP contribution in [0.4, 0.5) is 4.79 Å². The highest BCUT2D eigenvalue weighted by atomic mass is 16.6. The molecule has 0 bridgehead atoms. The second kappa shape index (κ2) is 7.47. The van der Waals surface area contributed by atoms with Crippen molar-refractivity contribution in [3.63, 3.8) is 0 Å². The summed E-state index contributed by atoms with van der Waals surface area (Å²) < 4.78 is 15.3. The zero-order valence-electron chi connectivity index (χ0n) is 13.9. The van der Waals surface area contributed by atoms with E-state index in [1.165, 1.54) is 4.90 Å². The fourth-order valence-electron chi connectivity index (χ4n) is 2.33. The van der Waals surface area contributed by atoms with Gasteiger partial charge < -0.3 is 14.2 Å². The predicted octanol–water partition coefficient (Wildman–Crippen LogP) is 1.74. The molecule has 0 saturated carbocycles. The Hall–Kier alpha value is -1.79. The van der Waals surface area contributed by atoms with Crippen molar-refractivity contribution in [2.75, 3.05) is 19.8 Å². The normalized spacial score (nSPS) is 21.4. The maximum Gasteiger partial charge on any atom is 0.411 e. The Morgan fingerprint density at radius 2 is 1.59 bits per heavy atom. The molecule has 0 aliphatic carbocycles. The molecular formula is C15H25NO6. The fraction of sp³-hybridized carbons (Fsp3) is 0.800. The first-order valence-electron chi connectivity index (χ1n) is 7.54. The van der Waals surface area contributed by atoms with Gasteiger partial charge in [-0.15, -0.1) is 0 Å². The summed E-state index contributed by atoms with van der Waals surface area (Å²) >= 11 is 0.